The van der Waals surface area contributed by atoms with Gasteiger partial charge < -0.3 is 29.2 Å². The van der Waals surface area contributed by atoms with Gasteiger partial charge in [0.15, 0.2) is 0 Å². The van der Waals surface area contributed by atoms with Gasteiger partial charge in [0, 0.05) is 11.1 Å². The highest BCUT2D eigenvalue weighted by molar-refractivity contribution is 5.87. The van der Waals surface area contributed by atoms with Crippen molar-refractivity contribution >= 4 is 11.9 Å². The van der Waals surface area contributed by atoms with E-state index in [9.17, 15) is 19.8 Å². The molecule has 8 nitrogen and oxygen atoms in total. The van der Waals surface area contributed by atoms with Gasteiger partial charge in [-0.05, 0) is 61.7 Å². The van der Waals surface area contributed by atoms with E-state index in [1.54, 1.807) is 12.1 Å². The van der Waals surface area contributed by atoms with Crippen LogP contribution in [0.5, 0.6) is 11.5 Å². The third-order valence-electron chi connectivity index (χ3n) is 4.75. The summed E-state index contributed by atoms with van der Waals surface area (Å²) >= 11 is 0. The summed E-state index contributed by atoms with van der Waals surface area (Å²) in [6.45, 7) is 11.5. The summed E-state index contributed by atoms with van der Waals surface area (Å²) in [5.74, 6) is 0.0685. The standard InChI is InChI=1S/C27H32O8/c1-17(2)26(30)34-15-22(28)13-32-24-9-6-20(7-10-24)21-8-11-25(19(5)12-21)33-14-23(29)16-35-27(31)18(3)4/h6-12,22-23,28-29H,1,3,13-16H2,2,4-5H3. The quantitative estimate of drug-likeness (QED) is 0.329. The van der Waals surface area contributed by atoms with Gasteiger partial charge in [0.05, 0.1) is 0 Å². The van der Waals surface area contributed by atoms with Gasteiger partial charge in [0.2, 0.25) is 0 Å². The van der Waals surface area contributed by atoms with E-state index in [0.717, 1.165) is 16.7 Å². The molecule has 2 aromatic rings. The Morgan fingerprint density at radius 2 is 1.26 bits per heavy atom. The Hall–Kier alpha value is -3.62. The molecule has 2 unspecified atom stereocenters. The third-order valence-corrected chi connectivity index (χ3v) is 4.75. The molecular weight excluding hydrogens is 452 g/mol. The molecule has 2 rings (SSSR count). The lowest BCUT2D eigenvalue weighted by molar-refractivity contribution is -0.143. The van der Waals surface area contributed by atoms with Crippen LogP contribution in [0.1, 0.15) is 19.4 Å². The number of rotatable bonds is 13. The van der Waals surface area contributed by atoms with Crippen LogP contribution in [0, 0.1) is 6.92 Å². The molecular formula is C27H32O8. The average molecular weight is 485 g/mol. The second-order valence-corrected chi connectivity index (χ2v) is 8.19. The monoisotopic (exact) mass is 484 g/mol. The number of aliphatic hydroxyl groups is 2. The largest absolute Gasteiger partial charge is 0.491 e. The van der Waals surface area contributed by atoms with E-state index in [1.807, 2.05) is 37.3 Å². The summed E-state index contributed by atoms with van der Waals surface area (Å²) < 4.78 is 21.0. The topological polar surface area (TPSA) is 112 Å². The van der Waals surface area contributed by atoms with Crippen molar-refractivity contribution in [3.05, 3.63) is 72.3 Å². The van der Waals surface area contributed by atoms with Gasteiger partial charge in [0.1, 0.15) is 50.1 Å². The highest BCUT2D eigenvalue weighted by Crippen LogP contribution is 2.28. The second kappa shape index (κ2) is 13.3. The van der Waals surface area contributed by atoms with Gasteiger partial charge >= 0.3 is 11.9 Å². The number of aryl methyl sites for hydroxylation is 1. The van der Waals surface area contributed by atoms with Crippen LogP contribution in [0.4, 0.5) is 0 Å². The minimum Gasteiger partial charge on any atom is -0.491 e. The molecule has 0 saturated carbocycles. The lowest BCUT2D eigenvalue weighted by Gasteiger charge is -2.15. The Kier molecular flexibility index (Phi) is 10.5. The van der Waals surface area contributed by atoms with E-state index in [1.165, 1.54) is 13.8 Å². The van der Waals surface area contributed by atoms with Crippen LogP contribution in [-0.4, -0.2) is 60.8 Å². The number of hydrogen-bond donors (Lipinski definition) is 2. The zero-order valence-corrected chi connectivity index (χ0v) is 20.3. The number of aliphatic hydroxyl groups excluding tert-OH is 2. The summed E-state index contributed by atoms with van der Waals surface area (Å²) in [7, 11) is 0. The average Bonchev–Trinajstić information content (AvgIpc) is 2.83. The summed E-state index contributed by atoms with van der Waals surface area (Å²) in [5, 5.41) is 19.9. The molecule has 0 aliphatic heterocycles. The normalized spacial score (nSPS) is 12.3. The van der Waals surface area contributed by atoms with Gasteiger partial charge in [-0.1, -0.05) is 31.4 Å². The first-order valence-corrected chi connectivity index (χ1v) is 11.0. The van der Waals surface area contributed by atoms with E-state index < -0.39 is 24.1 Å². The number of hydrogen-bond acceptors (Lipinski definition) is 8. The molecule has 0 bridgehead atoms. The van der Waals surface area contributed by atoms with E-state index >= 15 is 0 Å². The minimum atomic E-state index is -0.957. The van der Waals surface area contributed by atoms with Crippen molar-refractivity contribution in [1.82, 2.24) is 0 Å². The van der Waals surface area contributed by atoms with E-state index in [0.29, 0.717) is 11.5 Å². The van der Waals surface area contributed by atoms with Crippen molar-refractivity contribution in [2.75, 3.05) is 26.4 Å². The molecule has 0 saturated heterocycles. The SMILES string of the molecule is C=C(C)C(=O)OCC(O)COc1ccc(-c2ccc(OCC(O)COC(=O)C(=C)C)c(C)c2)cc1. The molecule has 2 N–H and O–H groups in total. The van der Waals surface area contributed by atoms with Crippen molar-refractivity contribution in [2.24, 2.45) is 0 Å². The summed E-state index contributed by atoms with van der Waals surface area (Å²) in [5.41, 5.74) is 3.33. The first-order valence-electron chi connectivity index (χ1n) is 11.0. The van der Waals surface area contributed by atoms with Gasteiger partial charge in [-0.3, -0.25) is 0 Å². The molecule has 2 aromatic carbocycles. The van der Waals surface area contributed by atoms with Gasteiger partial charge in [0.25, 0.3) is 0 Å². The summed E-state index contributed by atoms with van der Waals surface area (Å²) in [6, 6.07) is 13.0. The highest BCUT2D eigenvalue weighted by Gasteiger charge is 2.12. The first-order chi connectivity index (χ1) is 16.6. The van der Waals surface area contributed by atoms with E-state index in [2.05, 4.69) is 13.2 Å². The van der Waals surface area contributed by atoms with Crippen LogP contribution in [0.2, 0.25) is 0 Å². The first kappa shape index (κ1) is 27.6. The number of ether oxygens (including phenoxy) is 4. The van der Waals surface area contributed by atoms with Crippen molar-refractivity contribution in [3.8, 4) is 22.6 Å². The fraction of sp³-hybridized carbons (Fsp3) is 0.333. The number of carbonyl (C=O) groups excluding carboxylic acids is 2. The van der Waals surface area contributed by atoms with Crippen LogP contribution in [-0.2, 0) is 19.1 Å². The molecule has 0 heterocycles. The third kappa shape index (κ3) is 9.27. The molecule has 188 valence electrons. The van der Waals surface area contributed by atoms with Crippen molar-refractivity contribution in [3.63, 3.8) is 0 Å². The molecule has 8 heteroatoms. The molecule has 0 spiro atoms. The van der Waals surface area contributed by atoms with Crippen molar-refractivity contribution < 1.29 is 38.7 Å². The number of benzene rings is 2. The van der Waals surface area contributed by atoms with Crippen LogP contribution < -0.4 is 9.47 Å². The van der Waals surface area contributed by atoms with Gasteiger partial charge in [-0.2, -0.15) is 0 Å². The predicted octanol–water partition coefficient (Wildman–Crippen LogP) is 3.38. The summed E-state index contributed by atoms with van der Waals surface area (Å²) in [6.07, 6.45) is -1.91. The van der Waals surface area contributed by atoms with Crippen LogP contribution in [0.15, 0.2) is 66.8 Å². The maximum absolute atomic E-state index is 11.4. The van der Waals surface area contributed by atoms with E-state index in [4.69, 9.17) is 18.9 Å². The molecule has 0 radical (unpaired) electrons. The summed E-state index contributed by atoms with van der Waals surface area (Å²) in [4.78, 5) is 22.8. The molecule has 2 atom stereocenters. The Balaban J connectivity index is 1.86. The lowest BCUT2D eigenvalue weighted by atomic mass is 10.0. The number of esters is 2. The maximum atomic E-state index is 11.4. The number of carbonyl (C=O) groups is 2. The zero-order valence-electron chi connectivity index (χ0n) is 20.3. The minimum absolute atomic E-state index is 0.0199. The maximum Gasteiger partial charge on any atom is 0.333 e. The van der Waals surface area contributed by atoms with Crippen molar-refractivity contribution in [1.29, 1.82) is 0 Å². The van der Waals surface area contributed by atoms with E-state index in [-0.39, 0.29) is 37.6 Å². The lowest BCUT2D eigenvalue weighted by Crippen LogP contribution is -2.25. The Morgan fingerprint density at radius 3 is 1.74 bits per heavy atom. The zero-order chi connectivity index (χ0) is 26.0. The van der Waals surface area contributed by atoms with Crippen LogP contribution in [0.25, 0.3) is 11.1 Å². The molecule has 0 aromatic heterocycles. The fourth-order valence-electron chi connectivity index (χ4n) is 2.80. The molecule has 0 amide bonds. The molecule has 0 aliphatic carbocycles. The second-order valence-electron chi connectivity index (χ2n) is 8.19. The fourth-order valence-corrected chi connectivity index (χ4v) is 2.80. The van der Waals surface area contributed by atoms with Crippen LogP contribution >= 0.6 is 0 Å². The molecule has 35 heavy (non-hydrogen) atoms. The Morgan fingerprint density at radius 1 is 0.771 bits per heavy atom. The molecule has 0 aliphatic rings. The predicted molar refractivity (Wildman–Crippen MR) is 131 cm³/mol. The van der Waals surface area contributed by atoms with Gasteiger partial charge in [-0.15, -0.1) is 0 Å². The van der Waals surface area contributed by atoms with Gasteiger partial charge in [-0.25, -0.2) is 9.59 Å². The molecule has 0 fully saturated rings. The smallest absolute Gasteiger partial charge is 0.333 e. The Bertz CT molecular complexity index is 1040. The highest BCUT2D eigenvalue weighted by atomic mass is 16.6. The van der Waals surface area contributed by atoms with Crippen LogP contribution in [0.3, 0.4) is 0 Å². The van der Waals surface area contributed by atoms with Crippen molar-refractivity contribution in [2.45, 2.75) is 33.0 Å². The Labute approximate surface area is 205 Å².